The van der Waals surface area contributed by atoms with Gasteiger partial charge in [-0.3, -0.25) is 0 Å². The molecule has 6 heteroatoms. The monoisotopic (exact) mass is 271 g/mol. The number of pyridine rings is 1. The first-order valence-electron chi connectivity index (χ1n) is 3.84. The van der Waals surface area contributed by atoms with Gasteiger partial charge >= 0.3 is 0 Å². The van der Waals surface area contributed by atoms with Crippen LogP contribution in [0.15, 0.2) is 10.5 Å². The summed E-state index contributed by atoms with van der Waals surface area (Å²) in [7, 11) is 0. The Balaban J connectivity index is 3.36. The third-order valence-corrected chi connectivity index (χ3v) is 2.56. The number of alkyl halides is 2. The summed E-state index contributed by atoms with van der Waals surface area (Å²) in [5.74, 6) is 0. The van der Waals surface area contributed by atoms with Gasteiger partial charge in [0.25, 0.3) is 6.43 Å². The lowest BCUT2D eigenvalue weighted by molar-refractivity contribution is 0.145. The lowest BCUT2D eigenvalue weighted by atomic mass is 10.1. The predicted octanol–water partition coefficient (Wildman–Crippen LogP) is 2.72. The number of nitrogens with zero attached hydrogens (tertiary/aromatic N) is 3. The zero-order valence-corrected chi connectivity index (χ0v) is 8.92. The van der Waals surface area contributed by atoms with E-state index in [0.717, 1.165) is 0 Å². The summed E-state index contributed by atoms with van der Waals surface area (Å²) in [5.41, 5.74) is -0.266. The first-order valence-corrected chi connectivity index (χ1v) is 4.64. The zero-order chi connectivity index (χ0) is 11.4. The molecule has 0 spiro atoms. The molecule has 0 bridgehead atoms. The minimum absolute atomic E-state index is 0.0441. The van der Waals surface area contributed by atoms with E-state index in [1.807, 2.05) is 6.07 Å². The lowest BCUT2D eigenvalue weighted by Gasteiger charge is -2.06. The van der Waals surface area contributed by atoms with Crippen molar-refractivity contribution in [2.75, 3.05) is 0 Å². The number of aromatic nitrogens is 1. The largest absolute Gasteiger partial charge is 0.281 e. The average molecular weight is 272 g/mol. The highest BCUT2D eigenvalue weighted by molar-refractivity contribution is 9.10. The number of hydrogen-bond donors (Lipinski definition) is 0. The number of halogens is 3. The van der Waals surface area contributed by atoms with E-state index in [-0.39, 0.29) is 16.6 Å². The van der Waals surface area contributed by atoms with Gasteiger partial charge in [-0.25, -0.2) is 13.8 Å². The van der Waals surface area contributed by atoms with Gasteiger partial charge in [0.05, 0.1) is 12.5 Å². The van der Waals surface area contributed by atoms with E-state index in [1.165, 1.54) is 6.07 Å². The lowest BCUT2D eigenvalue weighted by Crippen LogP contribution is -1.99. The molecule has 1 heterocycles. The average Bonchev–Trinajstić information content (AvgIpc) is 2.21. The van der Waals surface area contributed by atoms with E-state index in [9.17, 15) is 8.78 Å². The Morgan fingerprint density at radius 3 is 2.60 bits per heavy atom. The maximum absolute atomic E-state index is 12.5. The summed E-state index contributed by atoms with van der Waals surface area (Å²) in [5, 5.41) is 17.0. The van der Waals surface area contributed by atoms with Crippen molar-refractivity contribution in [1.29, 1.82) is 10.5 Å². The van der Waals surface area contributed by atoms with Crippen LogP contribution in [0, 0.1) is 22.7 Å². The highest BCUT2D eigenvalue weighted by atomic mass is 79.9. The van der Waals surface area contributed by atoms with Crippen LogP contribution in [0.3, 0.4) is 0 Å². The van der Waals surface area contributed by atoms with Crippen molar-refractivity contribution in [3.8, 4) is 12.1 Å². The van der Waals surface area contributed by atoms with Crippen LogP contribution >= 0.6 is 15.9 Å². The van der Waals surface area contributed by atoms with Crippen molar-refractivity contribution in [2.24, 2.45) is 0 Å². The molecule has 3 nitrogen and oxygen atoms in total. The first-order chi connectivity index (χ1) is 7.10. The molecule has 15 heavy (non-hydrogen) atoms. The van der Waals surface area contributed by atoms with Gasteiger partial charge in [0.1, 0.15) is 17.5 Å². The summed E-state index contributed by atoms with van der Waals surface area (Å²) >= 11 is 2.94. The molecule has 0 atom stereocenters. The van der Waals surface area contributed by atoms with E-state index in [4.69, 9.17) is 10.5 Å². The molecule has 1 rings (SSSR count). The van der Waals surface area contributed by atoms with Crippen molar-refractivity contribution in [3.63, 3.8) is 0 Å². The molecule has 0 aliphatic rings. The first kappa shape index (κ1) is 11.5. The minimum Gasteiger partial charge on any atom is -0.235 e. The fraction of sp³-hybridized carbons (Fsp3) is 0.222. The SMILES string of the molecule is N#CCc1cc(C#N)nc(C(F)F)c1Br. The van der Waals surface area contributed by atoms with Gasteiger partial charge in [0, 0.05) is 4.47 Å². The quantitative estimate of drug-likeness (QED) is 0.831. The minimum atomic E-state index is -2.77. The normalized spacial score (nSPS) is 9.73. The molecule has 0 saturated heterocycles. The van der Waals surface area contributed by atoms with Gasteiger partial charge in [-0.2, -0.15) is 10.5 Å². The Morgan fingerprint density at radius 2 is 2.13 bits per heavy atom. The van der Waals surface area contributed by atoms with Crippen LogP contribution in [0.4, 0.5) is 8.78 Å². The Morgan fingerprint density at radius 1 is 1.47 bits per heavy atom. The highest BCUT2D eigenvalue weighted by Crippen LogP contribution is 2.29. The summed E-state index contributed by atoms with van der Waals surface area (Å²) in [6, 6.07) is 4.82. The third-order valence-electron chi connectivity index (χ3n) is 1.65. The van der Waals surface area contributed by atoms with E-state index in [1.54, 1.807) is 6.07 Å². The van der Waals surface area contributed by atoms with E-state index >= 15 is 0 Å². The molecule has 0 aliphatic carbocycles. The van der Waals surface area contributed by atoms with Gasteiger partial charge in [-0.15, -0.1) is 0 Å². The smallest absolute Gasteiger partial charge is 0.235 e. The van der Waals surface area contributed by atoms with Gasteiger partial charge in [0.15, 0.2) is 0 Å². The van der Waals surface area contributed by atoms with Crippen LogP contribution in [-0.4, -0.2) is 4.98 Å². The molecule has 76 valence electrons. The molecule has 0 aliphatic heterocycles. The summed E-state index contributed by atoms with van der Waals surface area (Å²) in [6.45, 7) is 0. The molecular formula is C9H4BrF2N3. The number of nitriles is 2. The summed E-state index contributed by atoms with van der Waals surface area (Å²) in [6.07, 6.45) is -2.82. The van der Waals surface area contributed by atoms with E-state index in [2.05, 4.69) is 20.9 Å². The zero-order valence-electron chi connectivity index (χ0n) is 7.34. The van der Waals surface area contributed by atoms with Crippen molar-refractivity contribution >= 4 is 15.9 Å². The van der Waals surface area contributed by atoms with Crippen LogP contribution in [0.5, 0.6) is 0 Å². The Labute approximate surface area is 93.1 Å². The maximum Gasteiger partial charge on any atom is 0.281 e. The second-order valence-corrected chi connectivity index (χ2v) is 3.41. The van der Waals surface area contributed by atoms with Crippen LogP contribution in [-0.2, 0) is 6.42 Å². The van der Waals surface area contributed by atoms with Crippen molar-refractivity contribution in [1.82, 2.24) is 4.98 Å². The molecule has 0 amide bonds. The molecule has 0 aromatic carbocycles. The van der Waals surface area contributed by atoms with Gasteiger partial charge < -0.3 is 0 Å². The molecule has 0 fully saturated rings. The molecule has 1 aromatic rings. The standard InChI is InChI=1S/C9H4BrF2N3/c10-7-5(1-2-13)3-6(4-14)15-8(7)9(11)12/h3,9H,1H2. The van der Waals surface area contributed by atoms with Crippen LogP contribution in [0.2, 0.25) is 0 Å². The van der Waals surface area contributed by atoms with Crippen LogP contribution < -0.4 is 0 Å². The second-order valence-electron chi connectivity index (χ2n) is 2.61. The Hall–Kier alpha value is -1.53. The van der Waals surface area contributed by atoms with Crippen molar-refractivity contribution < 1.29 is 8.78 Å². The third kappa shape index (κ3) is 2.48. The fourth-order valence-electron chi connectivity index (χ4n) is 1.02. The van der Waals surface area contributed by atoms with Gasteiger partial charge in [-0.05, 0) is 27.6 Å². The number of hydrogen-bond acceptors (Lipinski definition) is 3. The van der Waals surface area contributed by atoms with Gasteiger partial charge in [0.2, 0.25) is 0 Å². The molecule has 0 saturated carbocycles. The van der Waals surface area contributed by atoms with Crippen molar-refractivity contribution in [2.45, 2.75) is 12.8 Å². The second kappa shape index (κ2) is 4.81. The molecule has 0 radical (unpaired) electrons. The van der Waals surface area contributed by atoms with Crippen LogP contribution in [0.1, 0.15) is 23.4 Å². The topological polar surface area (TPSA) is 60.5 Å². The molecule has 0 N–H and O–H groups in total. The van der Waals surface area contributed by atoms with Crippen molar-refractivity contribution in [3.05, 3.63) is 27.5 Å². The Bertz CT molecular complexity index is 460. The molecule has 0 unspecified atom stereocenters. The number of rotatable bonds is 2. The van der Waals surface area contributed by atoms with Gasteiger partial charge in [-0.1, -0.05) is 0 Å². The molecular weight excluding hydrogens is 268 g/mol. The van der Waals surface area contributed by atoms with E-state index < -0.39 is 12.1 Å². The maximum atomic E-state index is 12.5. The van der Waals surface area contributed by atoms with Crippen LogP contribution in [0.25, 0.3) is 0 Å². The fourth-order valence-corrected chi connectivity index (χ4v) is 1.54. The summed E-state index contributed by atoms with van der Waals surface area (Å²) < 4.78 is 25.1. The van der Waals surface area contributed by atoms with E-state index in [0.29, 0.717) is 5.56 Å². The highest BCUT2D eigenvalue weighted by Gasteiger charge is 2.17. The predicted molar refractivity (Wildman–Crippen MR) is 50.9 cm³/mol. The summed E-state index contributed by atoms with van der Waals surface area (Å²) in [4.78, 5) is 3.47. The Kier molecular flexibility index (Phi) is 3.70. The molecule has 1 aromatic heterocycles.